The van der Waals surface area contributed by atoms with Gasteiger partial charge in [-0.2, -0.15) is 0 Å². The number of aromatic nitrogens is 2. The van der Waals surface area contributed by atoms with E-state index in [1.165, 1.54) is 18.5 Å². The Bertz CT molecular complexity index is 1260. The van der Waals surface area contributed by atoms with Crippen LogP contribution in [0.2, 0.25) is 0 Å². The Kier molecular flexibility index (Phi) is 9.29. The molecule has 1 saturated heterocycles. The van der Waals surface area contributed by atoms with Gasteiger partial charge in [0.25, 0.3) is 10.0 Å². The molecule has 3 aromatic rings. The van der Waals surface area contributed by atoms with E-state index in [9.17, 15) is 13.5 Å². The number of aliphatic hydroxyl groups excluding tert-OH is 1. The summed E-state index contributed by atoms with van der Waals surface area (Å²) in [5.41, 5.74) is 1.87. The highest BCUT2D eigenvalue weighted by molar-refractivity contribution is 7.92. The Morgan fingerprint density at radius 1 is 1.08 bits per heavy atom. The molecule has 0 saturated carbocycles. The largest absolute Gasteiger partial charge is 0.496 e. The fourth-order valence-electron chi connectivity index (χ4n) is 3.93. The molecule has 10 nitrogen and oxygen atoms in total. The number of para-hydroxylation sites is 1. The molecule has 0 amide bonds. The van der Waals surface area contributed by atoms with Gasteiger partial charge in [-0.25, -0.2) is 18.4 Å². The van der Waals surface area contributed by atoms with Crippen LogP contribution in [0.15, 0.2) is 59.8 Å². The van der Waals surface area contributed by atoms with Crippen LogP contribution in [0, 0.1) is 0 Å². The normalized spacial score (nSPS) is 15.8. The van der Waals surface area contributed by atoms with Gasteiger partial charge in [-0.05, 0) is 48.6 Å². The molecular weight excluding hydrogens is 498 g/mol. The summed E-state index contributed by atoms with van der Waals surface area (Å²) in [6.07, 6.45) is 4.21. The Balaban J connectivity index is 1.57. The third-order valence-corrected chi connectivity index (χ3v) is 7.23. The number of nitrogens with one attached hydrogen (secondary N) is 1. The van der Waals surface area contributed by atoms with Gasteiger partial charge in [0.05, 0.1) is 30.8 Å². The predicted octanol–water partition coefficient (Wildman–Crippen LogP) is 3.29. The van der Waals surface area contributed by atoms with Crippen molar-refractivity contribution in [2.75, 3.05) is 31.7 Å². The molecule has 1 aromatic heterocycles. The van der Waals surface area contributed by atoms with E-state index in [4.69, 9.17) is 18.9 Å². The highest BCUT2D eigenvalue weighted by atomic mass is 32.2. The molecular formula is C26H31N3O7S. The van der Waals surface area contributed by atoms with Crippen LogP contribution in [-0.2, 0) is 32.5 Å². The molecule has 4 rings (SSSR count). The average molecular weight is 530 g/mol. The molecule has 0 spiro atoms. The lowest BCUT2D eigenvalue weighted by atomic mass is 10.1. The summed E-state index contributed by atoms with van der Waals surface area (Å²) in [5, 5.41) is 9.26. The van der Waals surface area contributed by atoms with Gasteiger partial charge in [0.2, 0.25) is 5.88 Å². The third kappa shape index (κ3) is 7.16. The molecule has 1 aliphatic rings. The maximum Gasteiger partial charge on any atom is 0.263 e. The van der Waals surface area contributed by atoms with Gasteiger partial charge in [0.1, 0.15) is 18.7 Å². The Labute approximate surface area is 216 Å². The molecule has 0 bridgehead atoms. The average Bonchev–Trinajstić information content (AvgIpc) is 2.93. The summed E-state index contributed by atoms with van der Waals surface area (Å²) < 4.78 is 51.6. The van der Waals surface area contributed by atoms with Crippen molar-refractivity contribution in [1.82, 2.24) is 9.97 Å². The molecule has 11 heteroatoms. The summed E-state index contributed by atoms with van der Waals surface area (Å²) in [6.45, 7) is 0.998. The molecule has 1 atom stereocenters. The van der Waals surface area contributed by atoms with Gasteiger partial charge < -0.3 is 24.1 Å². The van der Waals surface area contributed by atoms with Gasteiger partial charge in [-0.1, -0.05) is 30.3 Å². The van der Waals surface area contributed by atoms with Crippen molar-refractivity contribution in [3.8, 4) is 11.6 Å². The first-order valence-corrected chi connectivity index (χ1v) is 13.5. The van der Waals surface area contributed by atoms with E-state index in [2.05, 4.69) is 14.7 Å². The second kappa shape index (κ2) is 12.8. The van der Waals surface area contributed by atoms with Gasteiger partial charge in [-0.15, -0.1) is 0 Å². The fraction of sp³-hybridized carbons (Fsp3) is 0.385. The quantitative estimate of drug-likeness (QED) is 0.340. The van der Waals surface area contributed by atoms with E-state index in [-0.39, 0.29) is 42.5 Å². The smallest absolute Gasteiger partial charge is 0.263 e. The van der Waals surface area contributed by atoms with Crippen LogP contribution >= 0.6 is 0 Å². The van der Waals surface area contributed by atoms with Crippen LogP contribution < -0.4 is 14.2 Å². The molecule has 1 unspecified atom stereocenters. The SMILES string of the molecule is COc1ccccc1Cc1c(NS(=O)(=O)c2ccc(CO)cc2)ncnc1OCCOC1CCCCO1. The van der Waals surface area contributed by atoms with Gasteiger partial charge in [0.15, 0.2) is 12.1 Å². The molecule has 2 aromatic carbocycles. The molecule has 1 fully saturated rings. The minimum Gasteiger partial charge on any atom is -0.496 e. The van der Waals surface area contributed by atoms with Crippen molar-refractivity contribution in [3.05, 3.63) is 71.5 Å². The Hall–Kier alpha value is -3.25. The number of ether oxygens (including phenoxy) is 4. The fourth-order valence-corrected chi connectivity index (χ4v) is 4.97. The molecule has 0 aliphatic carbocycles. The van der Waals surface area contributed by atoms with Crippen LogP contribution in [0.5, 0.6) is 11.6 Å². The second-order valence-corrected chi connectivity index (χ2v) is 10.1. The zero-order valence-corrected chi connectivity index (χ0v) is 21.4. The van der Waals surface area contributed by atoms with Crippen LogP contribution in [0.25, 0.3) is 0 Å². The number of rotatable bonds is 12. The minimum atomic E-state index is -3.98. The molecule has 37 heavy (non-hydrogen) atoms. The Morgan fingerprint density at radius 2 is 1.89 bits per heavy atom. The van der Waals surface area contributed by atoms with E-state index in [1.54, 1.807) is 19.2 Å². The number of sulfonamides is 1. The van der Waals surface area contributed by atoms with Gasteiger partial charge in [0, 0.05) is 13.0 Å². The van der Waals surface area contributed by atoms with Crippen molar-refractivity contribution >= 4 is 15.8 Å². The van der Waals surface area contributed by atoms with E-state index >= 15 is 0 Å². The highest BCUT2D eigenvalue weighted by Gasteiger charge is 2.22. The third-order valence-electron chi connectivity index (χ3n) is 5.88. The number of hydrogen-bond donors (Lipinski definition) is 2. The van der Waals surface area contributed by atoms with Crippen LogP contribution in [0.3, 0.4) is 0 Å². The van der Waals surface area contributed by atoms with Crippen molar-refractivity contribution in [2.24, 2.45) is 0 Å². The van der Waals surface area contributed by atoms with E-state index in [0.717, 1.165) is 24.8 Å². The number of anilines is 1. The standard InChI is InChI=1S/C26H31N3O7S/c1-33-23-7-3-2-6-20(23)16-22-25(29-37(31,32)21-11-9-19(17-30)10-12-21)27-18-28-26(22)36-15-14-35-24-8-4-5-13-34-24/h2-3,6-7,9-12,18,24,30H,4-5,8,13-17H2,1H3,(H,27,28,29). The first-order valence-electron chi connectivity index (χ1n) is 12.0. The first-order chi connectivity index (χ1) is 18.0. The lowest BCUT2D eigenvalue weighted by Gasteiger charge is -2.22. The first kappa shape index (κ1) is 26.8. The molecule has 1 aliphatic heterocycles. The summed E-state index contributed by atoms with van der Waals surface area (Å²) in [7, 11) is -2.40. The van der Waals surface area contributed by atoms with Crippen molar-refractivity contribution < 1.29 is 32.5 Å². The van der Waals surface area contributed by atoms with Gasteiger partial charge >= 0.3 is 0 Å². The maximum absolute atomic E-state index is 13.1. The monoisotopic (exact) mass is 529 g/mol. The summed E-state index contributed by atoms with van der Waals surface area (Å²) >= 11 is 0. The van der Waals surface area contributed by atoms with E-state index in [1.807, 2.05) is 24.3 Å². The van der Waals surface area contributed by atoms with Crippen LogP contribution in [-0.4, -0.2) is 56.7 Å². The lowest BCUT2D eigenvalue weighted by molar-refractivity contribution is -0.165. The molecule has 2 N–H and O–H groups in total. The van der Waals surface area contributed by atoms with E-state index in [0.29, 0.717) is 30.1 Å². The topological polar surface area (TPSA) is 129 Å². The number of aliphatic hydroxyl groups is 1. The number of benzene rings is 2. The summed E-state index contributed by atoms with van der Waals surface area (Å²) in [4.78, 5) is 8.54. The molecule has 2 heterocycles. The predicted molar refractivity (Wildman–Crippen MR) is 136 cm³/mol. The van der Waals surface area contributed by atoms with Crippen LogP contribution in [0.1, 0.15) is 36.0 Å². The maximum atomic E-state index is 13.1. The summed E-state index contributed by atoms with van der Waals surface area (Å²) in [5.74, 6) is 0.976. The van der Waals surface area contributed by atoms with Gasteiger partial charge in [-0.3, -0.25) is 4.72 Å². The zero-order chi connectivity index (χ0) is 26.1. The van der Waals surface area contributed by atoms with E-state index < -0.39 is 10.0 Å². The van der Waals surface area contributed by atoms with Crippen molar-refractivity contribution in [3.63, 3.8) is 0 Å². The van der Waals surface area contributed by atoms with Crippen LogP contribution in [0.4, 0.5) is 5.82 Å². The molecule has 0 radical (unpaired) electrons. The number of nitrogens with zero attached hydrogens (tertiary/aromatic N) is 2. The van der Waals surface area contributed by atoms with Crippen molar-refractivity contribution in [1.29, 1.82) is 0 Å². The zero-order valence-electron chi connectivity index (χ0n) is 20.6. The Morgan fingerprint density at radius 3 is 2.62 bits per heavy atom. The van der Waals surface area contributed by atoms with Crippen molar-refractivity contribution in [2.45, 2.75) is 43.5 Å². The number of hydrogen-bond acceptors (Lipinski definition) is 9. The molecule has 198 valence electrons. The number of methoxy groups -OCH3 is 1. The summed E-state index contributed by atoms with van der Waals surface area (Å²) in [6, 6.07) is 13.4. The lowest BCUT2D eigenvalue weighted by Crippen LogP contribution is -2.24. The highest BCUT2D eigenvalue weighted by Crippen LogP contribution is 2.30. The minimum absolute atomic E-state index is 0.0369. The second-order valence-electron chi connectivity index (χ2n) is 8.42.